The maximum Gasteiger partial charge on any atom is 0.230 e. The van der Waals surface area contributed by atoms with Crippen LogP contribution in [-0.2, 0) is 4.79 Å². The molecule has 0 saturated carbocycles. The number of benzene rings is 1. The molecule has 1 aliphatic heterocycles. The van der Waals surface area contributed by atoms with Crippen molar-refractivity contribution in [2.75, 3.05) is 12.4 Å². The number of aromatic nitrogens is 3. The van der Waals surface area contributed by atoms with Gasteiger partial charge in [-0.2, -0.15) is 5.10 Å². The summed E-state index contributed by atoms with van der Waals surface area (Å²) in [4.78, 5) is 16.1. The van der Waals surface area contributed by atoms with Gasteiger partial charge in [-0.05, 0) is 19.4 Å². The number of fused-ring (bicyclic) bond motifs is 1. The summed E-state index contributed by atoms with van der Waals surface area (Å²) in [7, 11) is 0. The number of rotatable bonds is 4. The number of H-pyrrole nitrogens is 1. The maximum atomic E-state index is 12.2. The molecule has 0 bridgehead atoms. The highest BCUT2D eigenvalue weighted by atomic mass is 32.2. The van der Waals surface area contributed by atoms with Crippen LogP contribution < -0.4 is 10.1 Å². The summed E-state index contributed by atoms with van der Waals surface area (Å²) in [6, 6.07) is 4.20. The Morgan fingerprint density at radius 2 is 2.36 bits per heavy atom. The van der Waals surface area contributed by atoms with Gasteiger partial charge in [-0.25, -0.2) is 4.98 Å². The van der Waals surface area contributed by atoms with Gasteiger partial charge in [0.1, 0.15) is 12.1 Å². The summed E-state index contributed by atoms with van der Waals surface area (Å²) in [5, 5.41) is 10.2. The van der Waals surface area contributed by atoms with Crippen molar-refractivity contribution in [2.45, 2.75) is 31.5 Å². The van der Waals surface area contributed by atoms with Crippen LogP contribution in [0.2, 0.25) is 0 Å². The van der Waals surface area contributed by atoms with Crippen LogP contribution in [0.1, 0.15) is 29.2 Å². The minimum Gasteiger partial charge on any atom is -0.493 e. The number of carbonyl (C=O) groups is 1. The van der Waals surface area contributed by atoms with Gasteiger partial charge in [0.2, 0.25) is 5.91 Å². The van der Waals surface area contributed by atoms with E-state index in [0.717, 1.165) is 23.3 Å². The van der Waals surface area contributed by atoms with E-state index in [9.17, 15) is 4.79 Å². The molecule has 0 unspecified atom stereocenters. The lowest BCUT2D eigenvalue weighted by Crippen LogP contribution is -2.33. The average molecular weight is 318 g/mol. The van der Waals surface area contributed by atoms with E-state index in [1.54, 1.807) is 0 Å². The molecule has 0 fully saturated rings. The van der Waals surface area contributed by atoms with E-state index in [0.29, 0.717) is 17.5 Å². The number of amides is 1. The largest absolute Gasteiger partial charge is 0.493 e. The van der Waals surface area contributed by atoms with Crippen LogP contribution in [0.15, 0.2) is 23.6 Å². The number of carbonyl (C=O) groups excluding carboxylic acids is 1. The molecule has 2 aromatic rings. The Kier molecular flexibility index (Phi) is 4.33. The molecule has 22 heavy (non-hydrogen) atoms. The molecule has 1 atom stereocenters. The molecule has 0 spiro atoms. The van der Waals surface area contributed by atoms with Crippen LogP contribution in [-0.4, -0.2) is 33.4 Å². The first-order valence-corrected chi connectivity index (χ1v) is 8.13. The van der Waals surface area contributed by atoms with Crippen molar-refractivity contribution in [2.24, 2.45) is 0 Å². The summed E-state index contributed by atoms with van der Waals surface area (Å²) in [6.45, 7) is 4.72. The number of hydrogen-bond donors (Lipinski definition) is 2. The van der Waals surface area contributed by atoms with Crippen molar-refractivity contribution in [3.63, 3.8) is 0 Å². The van der Waals surface area contributed by atoms with Crippen LogP contribution in [0.25, 0.3) is 0 Å². The second-order valence-electron chi connectivity index (χ2n) is 5.34. The van der Waals surface area contributed by atoms with E-state index in [-0.39, 0.29) is 11.9 Å². The molecule has 1 aliphatic rings. The highest BCUT2D eigenvalue weighted by Gasteiger charge is 2.24. The third-order valence-electron chi connectivity index (χ3n) is 3.54. The summed E-state index contributed by atoms with van der Waals surface area (Å²) in [5.41, 5.74) is 3.36. The number of aromatic amines is 1. The highest BCUT2D eigenvalue weighted by molar-refractivity contribution is 7.99. The van der Waals surface area contributed by atoms with Crippen molar-refractivity contribution in [1.82, 2.24) is 20.5 Å². The minimum atomic E-state index is -0.0154. The summed E-state index contributed by atoms with van der Waals surface area (Å²) < 4.78 is 5.76. The Morgan fingerprint density at radius 3 is 3.14 bits per heavy atom. The standard InChI is InChI=1S/C15H18N4O2S/c1-9-5-10(2)14-11(6-9)12(3-4-21-14)18-13(20)7-22-15-16-8-17-19-15/h5-6,8,12H,3-4,7H2,1-2H3,(H,18,20)(H,16,17,19)/t12-/m1/s1. The van der Waals surface area contributed by atoms with Gasteiger partial charge in [0.15, 0.2) is 5.16 Å². The van der Waals surface area contributed by atoms with E-state index in [1.165, 1.54) is 23.7 Å². The lowest BCUT2D eigenvalue weighted by molar-refractivity contribution is -0.119. The van der Waals surface area contributed by atoms with Crippen LogP contribution in [0.3, 0.4) is 0 Å². The fourth-order valence-electron chi connectivity index (χ4n) is 2.66. The lowest BCUT2D eigenvalue weighted by Gasteiger charge is -2.28. The van der Waals surface area contributed by atoms with Crippen LogP contribution >= 0.6 is 11.8 Å². The normalized spacial score (nSPS) is 16.7. The molecule has 7 heteroatoms. The van der Waals surface area contributed by atoms with Crippen molar-refractivity contribution >= 4 is 17.7 Å². The average Bonchev–Trinajstić information content (AvgIpc) is 2.99. The molecule has 3 rings (SSSR count). The topological polar surface area (TPSA) is 79.9 Å². The number of nitrogens with one attached hydrogen (secondary N) is 2. The van der Waals surface area contributed by atoms with Crippen LogP contribution in [0.5, 0.6) is 5.75 Å². The zero-order valence-corrected chi connectivity index (χ0v) is 13.4. The fourth-order valence-corrected chi connectivity index (χ4v) is 3.25. The molecule has 2 heterocycles. The van der Waals surface area contributed by atoms with E-state index in [2.05, 4.69) is 39.6 Å². The van der Waals surface area contributed by atoms with Gasteiger partial charge in [-0.15, -0.1) is 0 Å². The third-order valence-corrected chi connectivity index (χ3v) is 4.42. The Morgan fingerprint density at radius 1 is 1.50 bits per heavy atom. The molecule has 0 saturated heterocycles. The molecule has 1 amide bonds. The van der Waals surface area contributed by atoms with Gasteiger partial charge >= 0.3 is 0 Å². The van der Waals surface area contributed by atoms with Crippen molar-refractivity contribution < 1.29 is 9.53 Å². The Hall–Kier alpha value is -2.02. The van der Waals surface area contributed by atoms with E-state index in [1.807, 2.05) is 6.92 Å². The minimum absolute atomic E-state index is 0.00479. The first kappa shape index (κ1) is 14.9. The summed E-state index contributed by atoms with van der Waals surface area (Å²) >= 11 is 1.34. The Balaban J connectivity index is 1.68. The second kappa shape index (κ2) is 6.39. The number of hydrogen-bond acceptors (Lipinski definition) is 5. The predicted octanol–water partition coefficient (Wildman–Crippen LogP) is 2.15. The maximum absolute atomic E-state index is 12.2. The van der Waals surface area contributed by atoms with Gasteiger partial charge in [-0.1, -0.05) is 29.5 Å². The van der Waals surface area contributed by atoms with Crippen molar-refractivity contribution in [1.29, 1.82) is 0 Å². The lowest BCUT2D eigenvalue weighted by atomic mass is 9.96. The number of ether oxygens (including phenoxy) is 1. The van der Waals surface area contributed by atoms with Crippen molar-refractivity contribution in [3.05, 3.63) is 35.2 Å². The predicted molar refractivity (Wildman–Crippen MR) is 84.0 cm³/mol. The molecule has 2 N–H and O–H groups in total. The molecule has 116 valence electrons. The van der Waals surface area contributed by atoms with E-state index < -0.39 is 0 Å². The molecule has 0 aliphatic carbocycles. The number of thioether (sulfide) groups is 1. The first-order chi connectivity index (χ1) is 10.6. The van der Waals surface area contributed by atoms with Crippen molar-refractivity contribution in [3.8, 4) is 5.75 Å². The van der Waals surface area contributed by atoms with Gasteiger partial charge in [-0.3, -0.25) is 9.89 Å². The molecule has 0 radical (unpaired) electrons. The zero-order valence-electron chi connectivity index (χ0n) is 12.5. The van der Waals surface area contributed by atoms with E-state index >= 15 is 0 Å². The number of nitrogens with zero attached hydrogens (tertiary/aromatic N) is 2. The SMILES string of the molecule is Cc1cc(C)c2c(c1)[C@H](NC(=O)CSc1ncn[nH]1)CCO2. The highest BCUT2D eigenvalue weighted by Crippen LogP contribution is 2.35. The molecule has 6 nitrogen and oxygen atoms in total. The molecule has 1 aromatic carbocycles. The quantitative estimate of drug-likeness (QED) is 0.844. The Labute approximate surface area is 133 Å². The Bertz CT molecular complexity index is 672. The third kappa shape index (κ3) is 3.24. The zero-order chi connectivity index (χ0) is 15.5. The first-order valence-electron chi connectivity index (χ1n) is 7.15. The fraction of sp³-hybridized carbons (Fsp3) is 0.400. The molecular weight excluding hydrogens is 300 g/mol. The van der Waals surface area contributed by atoms with Crippen LogP contribution in [0, 0.1) is 13.8 Å². The van der Waals surface area contributed by atoms with Gasteiger partial charge in [0, 0.05) is 12.0 Å². The second-order valence-corrected chi connectivity index (χ2v) is 6.30. The van der Waals surface area contributed by atoms with Crippen LogP contribution in [0.4, 0.5) is 0 Å². The molecule has 1 aromatic heterocycles. The van der Waals surface area contributed by atoms with Gasteiger partial charge in [0.25, 0.3) is 0 Å². The van der Waals surface area contributed by atoms with Gasteiger partial charge < -0.3 is 10.1 Å². The monoisotopic (exact) mass is 318 g/mol. The number of aryl methyl sites for hydroxylation is 2. The van der Waals surface area contributed by atoms with E-state index in [4.69, 9.17) is 4.74 Å². The summed E-state index contributed by atoms with van der Waals surface area (Å²) in [5.74, 6) is 1.20. The van der Waals surface area contributed by atoms with Gasteiger partial charge in [0.05, 0.1) is 18.4 Å². The molecular formula is C15H18N4O2S. The summed E-state index contributed by atoms with van der Waals surface area (Å²) in [6.07, 6.45) is 2.22. The smallest absolute Gasteiger partial charge is 0.230 e.